The third-order valence-electron chi connectivity index (χ3n) is 7.26. The minimum atomic E-state index is -0.261. The Labute approximate surface area is 224 Å². The molecule has 0 spiro atoms. The van der Waals surface area contributed by atoms with E-state index in [-0.39, 0.29) is 23.9 Å². The minimum Gasteiger partial charge on any atom is -0.381 e. The molecular weight excluding hydrogens is 515 g/mol. The summed E-state index contributed by atoms with van der Waals surface area (Å²) in [5.41, 5.74) is 7.67. The highest BCUT2D eigenvalue weighted by Crippen LogP contribution is 2.39. The predicted octanol–water partition coefficient (Wildman–Crippen LogP) is 4.80. The molecular formula is C25H28Cl2N8O2. The summed E-state index contributed by atoms with van der Waals surface area (Å²) in [5, 5.41) is 16.6. The lowest BCUT2D eigenvalue weighted by Crippen LogP contribution is -2.36. The number of nitrogens with two attached hydrogens (primary N) is 1. The molecule has 0 bridgehead atoms. The fourth-order valence-electron chi connectivity index (χ4n) is 5.14. The minimum absolute atomic E-state index is 0.0313. The predicted molar refractivity (Wildman–Crippen MR) is 142 cm³/mol. The van der Waals surface area contributed by atoms with Crippen molar-refractivity contribution in [2.75, 3.05) is 23.8 Å². The van der Waals surface area contributed by atoms with Crippen molar-refractivity contribution >= 4 is 57.9 Å². The number of carbonyl (C=O) groups excluding carboxylic acids is 1. The van der Waals surface area contributed by atoms with Gasteiger partial charge in [0, 0.05) is 24.6 Å². The normalized spacial score (nSPS) is 23.9. The van der Waals surface area contributed by atoms with Gasteiger partial charge in [-0.2, -0.15) is 10.2 Å². The van der Waals surface area contributed by atoms with Gasteiger partial charge in [0.25, 0.3) is 0 Å². The van der Waals surface area contributed by atoms with E-state index in [0.717, 1.165) is 19.3 Å². The second kappa shape index (κ2) is 10.7. The first kappa shape index (κ1) is 25.5. The molecule has 4 N–H and O–H groups in total. The number of hydrogen-bond acceptors (Lipinski definition) is 8. The highest BCUT2D eigenvalue weighted by molar-refractivity contribution is 6.39. The molecule has 0 radical (unpaired) electrons. The SMILES string of the molecule is C[C@@H]1COCCC1Nc1ncc2nc(Nc3c(Cl)cc(C#N)cc3Cl)n(C3CCC(C(N)=O)CC3)c2n1. The fourth-order valence-corrected chi connectivity index (χ4v) is 5.72. The third-order valence-corrected chi connectivity index (χ3v) is 7.86. The zero-order chi connectivity index (χ0) is 26.1. The molecule has 2 fully saturated rings. The molecule has 1 amide bonds. The number of rotatable bonds is 6. The van der Waals surface area contributed by atoms with Crippen LogP contribution in [0.4, 0.5) is 17.6 Å². The lowest BCUT2D eigenvalue weighted by Gasteiger charge is -2.30. The van der Waals surface area contributed by atoms with Crippen molar-refractivity contribution in [2.24, 2.45) is 17.6 Å². The number of hydrogen-bond donors (Lipinski definition) is 3. The van der Waals surface area contributed by atoms with Gasteiger partial charge in [0.15, 0.2) is 5.65 Å². The maximum Gasteiger partial charge on any atom is 0.224 e. The quantitative estimate of drug-likeness (QED) is 0.402. The van der Waals surface area contributed by atoms with Crippen LogP contribution in [0.15, 0.2) is 18.3 Å². The monoisotopic (exact) mass is 542 g/mol. The molecule has 5 rings (SSSR count). The summed E-state index contributed by atoms with van der Waals surface area (Å²) < 4.78 is 7.60. The number of aromatic nitrogens is 4. The molecule has 1 saturated heterocycles. The third kappa shape index (κ3) is 5.30. The number of nitrogens with one attached hydrogen (secondary N) is 2. The van der Waals surface area contributed by atoms with Crippen LogP contribution >= 0.6 is 23.2 Å². The number of carbonyl (C=O) groups is 1. The maximum absolute atomic E-state index is 11.8. The van der Waals surface area contributed by atoms with Gasteiger partial charge in [-0.05, 0) is 50.2 Å². The van der Waals surface area contributed by atoms with Gasteiger partial charge in [-0.3, -0.25) is 9.36 Å². The Balaban J connectivity index is 1.53. The molecule has 10 nitrogen and oxygen atoms in total. The second-order valence-corrected chi connectivity index (χ2v) is 10.6. The number of nitriles is 1. The van der Waals surface area contributed by atoms with Crippen LogP contribution in [0.25, 0.3) is 11.2 Å². The average molecular weight is 543 g/mol. The number of amides is 1. The molecule has 1 aliphatic carbocycles. The van der Waals surface area contributed by atoms with Crippen molar-refractivity contribution in [1.82, 2.24) is 19.5 Å². The molecule has 1 aromatic carbocycles. The van der Waals surface area contributed by atoms with Crippen LogP contribution in [0.2, 0.25) is 10.0 Å². The number of nitrogens with zero attached hydrogens (tertiary/aromatic N) is 5. The molecule has 2 atom stereocenters. The Hall–Kier alpha value is -3.13. The molecule has 2 aromatic heterocycles. The molecule has 1 aliphatic heterocycles. The molecule has 37 heavy (non-hydrogen) atoms. The van der Waals surface area contributed by atoms with E-state index in [1.807, 2.05) is 4.57 Å². The average Bonchev–Trinajstić information content (AvgIpc) is 3.24. The van der Waals surface area contributed by atoms with Crippen molar-refractivity contribution in [1.29, 1.82) is 5.26 Å². The van der Waals surface area contributed by atoms with E-state index in [9.17, 15) is 10.1 Å². The van der Waals surface area contributed by atoms with E-state index >= 15 is 0 Å². The van der Waals surface area contributed by atoms with Crippen molar-refractivity contribution < 1.29 is 9.53 Å². The maximum atomic E-state index is 11.8. The molecule has 3 heterocycles. The number of ether oxygens (including phenoxy) is 1. The summed E-state index contributed by atoms with van der Waals surface area (Å²) in [6.45, 7) is 3.54. The summed E-state index contributed by atoms with van der Waals surface area (Å²) >= 11 is 12.9. The first-order valence-corrected chi connectivity index (χ1v) is 13.1. The Kier molecular flexibility index (Phi) is 7.38. The van der Waals surface area contributed by atoms with Crippen LogP contribution in [0.1, 0.15) is 50.6 Å². The van der Waals surface area contributed by atoms with Crippen LogP contribution < -0.4 is 16.4 Å². The van der Waals surface area contributed by atoms with E-state index in [1.165, 1.54) is 0 Å². The number of primary amides is 1. The fraction of sp³-hybridized carbons (Fsp3) is 0.480. The van der Waals surface area contributed by atoms with E-state index in [1.54, 1.807) is 18.3 Å². The van der Waals surface area contributed by atoms with Gasteiger partial charge in [-0.25, -0.2) is 9.97 Å². The largest absolute Gasteiger partial charge is 0.381 e. The molecule has 2 aliphatic rings. The summed E-state index contributed by atoms with van der Waals surface area (Å²) in [6, 6.07) is 5.40. The topological polar surface area (TPSA) is 144 Å². The van der Waals surface area contributed by atoms with Crippen molar-refractivity contribution in [3.63, 3.8) is 0 Å². The number of imidazole rings is 1. The van der Waals surface area contributed by atoms with Gasteiger partial charge >= 0.3 is 0 Å². The zero-order valence-corrected chi connectivity index (χ0v) is 21.9. The van der Waals surface area contributed by atoms with E-state index in [4.69, 9.17) is 43.6 Å². The van der Waals surface area contributed by atoms with E-state index in [0.29, 0.717) is 76.3 Å². The van der Waals surface area contributed by atoms with Crippen molar-refractivity contribution in [3.05, 3.63) is 33.9 Å². The summed E-state index contributed by atoms with van der Waals surface area (Å²) in [5.74, 6) is 0.977. The lowest BCUT2D eigenvalue weighted by molar-refractivity contribution is -0.122. The first-order chi connectivity index (χ1) is 17.8. The van der Waals surface area contributed by atoms with Gasteiger partial charge in [0.2, 0.25) is 17.8 Å². The lowest BCUT2D eigenvalue weighted by atomic mass is 9.85. The van der Waals surface area contributed by atoms with Gasteiger partial charge in [-0.15, -0.1) is 0 Å². The Bertz CT molecular complexity index is 1340. The summed E-state index contributed by atoms with van der Waals surface area (Å²) in [4.78, 5) is 25.9. The van der Waals surface area contributed by atoms with Crippen molar-refractivity contribution in [3.8, 4) is 6.07 Å². The van der Waals surface area contributed by atoms with Gasteiger partial charge in [0.1, 0.15) is 5.52 Å². The van der Waals surface area contributed by atoms with Gasteiger partial charge < -0.3 is 21.1 Å². The standard InChI is InChI=1S/C25H28Cl2N8O2/c1-13-12-37-7-6-19(13)31-24-30-11-20-23(34-24)35(16-4-2-15(3-5-16)22(29)36)25(32-20)33-21-17(26)8-14(10-28)9-18(21)27/h8-9,11,13,15-16,19H,2-7,12H2,1H3,(H2,29,36)(H,32,33)(H,30,31,34)/t13-,15?,16?,19?/m1/s1. The van der Waals surface area contributed by atoms with Crippen molar-refractivity contribution in [2.45, 2.75) is 51.1 Å². The second-order valence-electron chi connectivity index (χ2n) is 9.76. The number of anilines is 3. The van der Waals surface area contributed by atoms with Gasteiger partial charge in [-0.1, -0.05) is 30.1 Å². The highest BCUT2D eigenvalue weighted by atomic mass is 35.5. The van der Waals surface area contributed by atoms with Crippen LogP contribution in [0.5, 0.6) is 0 Å². The summed E-state index contributed by atoms with van der Waals surface area (Å²) in [6.07, 6.45) is 5.44. The Morgan fingerprint density at radius 3 is 2.57 bits per heavy atom. The zero-order valence-electron chi connectivity index (χ0n) is 20.4. The van der Waals surface area contributed by atoms with E-state index < -0.39 is 0 Å². The number of benzene rings is 1. The van der Waals surface area contributed by atoms with Gasteiger partial charge in [0.05, 0.1) is 40.2 Å². The van der Waals surface area contributed by atoms with Crippen LogP contribution in [0, 0.1) is 23.2 Å². The number of halogens is 2. The molecule has 3 aromatic rings. The smallest absolute Gasteiger partial charge is 0.224 e. The Morgan fingerprint density at radius 2 is 1.92 bits per heavy atom. The molecule has 1 saturated carbocycles. The number of fused-ring (bicyclic) bond motifs is 1. The van der Waals surface area contributed by atoms with Crippen LogP contribution in [-0.2, 0) is 9.53 Å². The Morgan fingerprint density at radius 1 is 1.19 bits per heavy atom. The highest BCUT2D eigenvalue weighted by Gasteiger charge is 2.30. The molecule has 12 heteroatoms. The summed E-state index contributed by atoms with van der Waals surface area (Å²) in [7, 11) is 0. The molecule has 194 valence electrons. The van der Waals surface area contributed by atoms with Crippen LogP contribution in [0.3, 0.4) is 0 Å². The molecule has 1 unspecified atom stereocenters. The first-order valence-electron chi connectivity index (χ1n) is 12.4. The van der Waals surface area contributed by atoms with E-state index in [2.05, 4.69) is 28.6 Å². The van der Waals surface area contributed by atoms with Crippen LogP contribution in [-0.4, -0.2) is 44.7 Å².